The highest BCUT2D eigenvalue weighted by Gasteiger charge is 2.30. The van der Waals surface area contributed by atoms with Crippen LogP contribution in [0.5, 0.6) is 5.75 Å². The Kier molecular flexibility index (Phi) is 10.5. The van der Waals surface area contributed by atoms with Gasteiger partial charge in [-0.2, -0.15) is 18.3 Å². The van der Waals surface area contributed by atoms with Crippen LogP contribution in [0.15, 0.2) is 12.3 Å². The number of carbonyl (C=O) groups excluding carboxylic acids is 1. The zero-order chi connectivity index (χ0) is 28.8. The van der Waals surface area contributed by atoms with Crippen LogP contribution in [0.2, 0.25) is 5.02 Å². The van der Waals surface area contributed by atoms with Gasteiger partial charge in [-0.15, -0.1) is 0 Å². The summed E-state index contributed by atoms with van der Waals surface area (Å²) in [7, 11) is -1.61. The van der Waals surface area contributed by atoms with Crippen molar-refractivity contribution in [3.63, 3.8) is 0 Å². The summed E-state index contributed by atoms with van der Waals surface area (Å²) in [6, 6.07) is 1.56. The first-order chi connectivity index (χ1) is 18.3. The van der Waals surface area contributed by atoms with Crippen LogP contribution in [0.3, 0.4) is 0 Å². The average Bonchev–Trinajstić information content (AvgIpc) is 3.22. The van der Waals surface area contributed by atoms with Crippen LogP contribution in [-0.4, -0.2) is 80.2 Å². The SMILES string of the molecule is CCn1nc(C(=O)NCC2CCC(S(C)(=O)=O)CC2)c(Cl)c1-c1cnc(NCCOCC(F)(F)F)cc1OC. The minimum Gasteiger partial charge on any atom is -0.496 e. The number of aryl methyl sites for hydroxylation is 1. The number of pyridine rings is 1. The molecule has 10 nitrogen and oxygen atoms in total. The van der Waals surface area contributed by atoms with E-state index in [0.717, 1.165) is 0 Å². The molecule has 0 saturated heterocycles. The number of nitrogens with zero attached hydrogens (tertiary/aromatic N) is 3. The lowest BCUT2D eigenvalue weighted by atomic mass is 9.89. The molecule has 0 bridgehead atoms. The molecule has 0 spiro atoms. The molecule has 2 heterocycles. The molecule has 0 radical (unpaired) electrons. The summed E-state index contributed by atoms with van der Waals surface area (Å²) in [5, 5.41) is 9.93. The Morgan fingerprint density at radius 3 is 2.54 bits per heavy atom. The number of amides is 1. The molecule has 2 aromatic heterocycles. The van der Waals surface area contributed by atoms with E-state index in [0.29, 0.717) is 61.6 Å². The molecule has 1 aliphatic rings. The maximum atomic E-state index is 13.0. The molecule has 0 atom stereocenters. The fourth-order valence-corrected chi connectivity index (χ4v) is 5.93. The molecule has 1 fully saturated rings. The van der Waals surface area contributed by atoms with Crippen LogP contribution in [0.25, 0.3) is 11.3 Å². The number of ether oxygens (including phenoxy) is 2. The van der Waals surface area contributed by atoms with Gasteiger partial charge in [0.1, 0.15) is 28.0 Å². The first-order valence-electron chi connectivity index (χ1n) is 12.5. The first kappa shape index (κ1) is 31.0. The third kappa shape index (κ3) is 8.45. The summed E-state index contributed by atoms with van der Waals surface area (Å²) in [6.45, 7) is 1.22. The molecule has 2 aromatic rings. The van der Waals surface area contributed by atoms with Crippen LogP contribution in [0.1, 0.15) is 43.1 Å². The summed E-state index contributed by atoms with van der Waals surface area (Å²) in [6.07, 6.45) is 0.917. The number of hydrogen-bond acceptors (Lipinski definition) is 8. The van der Waals surface area contributed by atoms with Crippen molar-refractivity contribution in [2.45, 2.75) is 50.6 Å². The van der Waals surface area contributed by atoms with E-state index >= 15 is 0 Å². The molecule has 39 heavy (non-hydrogen) atoms. The summed E-state index contributed by atoms with van der Waals surface area (Å²) in [5.41, 5.74) is 0.959. The highest BCUT2D eigenvalue weighted by Crippen LogP contribution is 2.37. The lowest BCUT2D eigenvalue weighted by Gasteiger charge is -2.27. The number of sulfone groups is 1. The van der Waals surface area contributed by atoms with Gasteiger partial charge in [0.2, 0.25) is 0 Å². The van der Waals surface area contributed by atoms with Crippen molar-refractivity contribution in [3.05, 3.63) is 23.0 Å². The number of anilines is 1. The normalized spacial score (nSPS) is 18.1. The molecule has 1 saturated carbocycles. The summed E-state index contributed by atoms with van der Waals surface area (Å²) < 4.78 is 71.8. The van der Waals surface area contributed by atoms with Gasteiger partial charge < -0.3 is 20.1 Å². The van der Waals surface area contributed by atoms with Crippen molar-refractivity contribution in [1.82, 2.24) is 20.1 Å². The highest BCUT2D eigenvalue weighted by atomic mass is 35.5. The van der Waals surface area contributed by atoms with Crippen molar-refractivity contribution < 1.29 is 35.9 Å². The molecular formula is C24H33ClF3N5O5S. The van der Waals surface area contributed by atoms with Crippen LogP contribution < -0.4 is 15.4 Å². The number of carbonyl (C=O) groups is 1. The zero-order valence-corrected chi connectivity index (χ0v) is 23.5. The second-order valence-corrected chi connectivity index (χ2v) is 12.1. The number of aromatic nitrogens is 3. The minimum absolute atomic E-state index is 0.0457. The summed E-state index contributed by atoms with van der Waals surface area (Å²) in [5.74, 6) is 0.452. The van der Waals surface area contributed by atoms with Crippen molar-refractivity contribution in [3.8, 4) is 17.0 Å². The lowest BCUT2D eigenvalue weighted by Crippen LogP contribution is -2.34. The molecule has 0 unspecified atom stereocenters. The molecular weight excluding hydrogens is 563 g/mol. The molecule has 2 N–H and O–H groups in total. The van der Waals surface area contributed by atoms with Crippen molar-refractivity contribution >= 4 is 33.2 Å². The summed E-state index contributed by atoms with van der Waals surface area (Å²) in [4.78, 5) is 17.3. The van der Waals surface area contributed by atoms with E-state index in [1.807, 2.05) is 6.92 Å². The fraction of sp³-hybridized carbons (Fsp3) is 0.625. The maximum Gasteiger partial charge on any atom is 0.411 e. The van der Waals surface area contributed by atoms with E-state index in [-0.39, 0.29) is 35.0 Å². The van der Waals surface area contributed by atoms with Gasteiger partial charge in [0.25, 0.3) is 5.91 Å². The standard InChI is InChI=1S/C24H33ClF3N5O5S/c1-4-33-22(17-13-30-19(11-18(17)37-2)29-9-10-38-14-24(26,27)28)20(25)21(32-33)23(34)31-12-15-5-7-16(8-6-15)39(3,35)36/h11,13,15-16H,4-10,12,14H2,1-3H3,(H,29,30)(H,31,34). The van der Waals surface area contributed by atoms with Gasteiger partial charge in [-0.1, -0.05) is 11.6 Å². The Bertz CT molecular complexity index is 1250. The summed E-state index contributed by atoms with van der Waals surface area (Å²) >= 11 is 6.63. The van der Waals surface area contributed by atoms with Crippen LogP contribution in [0.4, 0.5) is 19.0 Å². The number of alkyl halides is 3. The first-order valence-corrected chi connectivity index (χ1v) is 14.8. The van der Waals surface area contributed by atoms with Crippen LogP contribution >= 0.6 is 11.6 Å². The average molecular weight is 596 g/mol. The number of halogens is 4. The minimum atomic E-state index is -4.39. The predicted octanol–water partition coefficient (Wildman–Crippen LogP) is 3.95. The number of methoxy groups -OCH3 is 1. The van der Waals surface area contributed by atoms with E-state index < -0.39 is 28.5 Å². The second kappa shape index (κ2) is 13.2. The van der Waals surface area contributed by atoms with Gasteiger partial charge in [-0.05, 0) is 38.5 Å². The Morgan fingerprint density at radius 1 is 1.26 bits per heavy atom. The van der Waals surface area contributed by atoms with Crippen molar-refractivity contribution in [2.24, 2.45) is 5.92 Å². The van der Waals surface area contributed by atoms with Crippen LogP contribution in [-0.2, 0) is 21.1 Å². The van der Waals surface area contributed by atoms with Gasteiger partial charge in [0.05, 0.1) is 35.2 Å². The Morgan fingerprint density at radius 2 is 1.95 bits per heavy atom. The van der Waals surface area contributed by atoms with Gasteiger partial charge in [0, 0.05) is 38.2 Å². The third-order valence-corrected chi connectivity index (χ3v) is 8.56. The van der Waals surface area contributed by atoms with Crippen molar-refractivity contribution in [2.75, 3.05) is 45.0 Å². The van der Waals surface area contributed by atoms with E-state index in [1.54, 1.807) is 10.7 Å². The van der Waals surface area contributed by atoms with Gasteiger partial charge in [0.15, 0.2) is 5.69 Å². The quantitative estimate of drug-likeness (QED) is 0.354. The smallest absolute Gasteiger partial charge is 0.411 e. The predicted molar refractivity (Wildman–Crippen MR) is 141 cm³/mol. The molecule has 3 rings (SSSR count). The van der Waals surface area contributed by atoms with E-state index in [9.17, 15) is 26.4 Å². The maximum absolute atomic E-state index is 13.0. The number of rotatable bonds is 12. The molecule has 0 aromatic carbocycles. The Labute approximate surface area is 230 Å². The molecule has 1 aliphatic carbocycles. The Balaban J connectivity index is 1.67. The topological polar surface area (TPSA) is 124 Å². The monoisotopic (exact) mass is 595 g/mol. The fourth-order valence-electron chi connectivity index (χ4n) is 4.48. The van der Waals surface area contributed by atoms with Crippen LogP contribution in [0, 0.1) is 5.92 Å². The zero-order valence-electron chi connectivity index (χ0n) is 22.0. The Hall–Kier alpha value is -2.58. The van der Waals surface area contributed by atoms with E-state index in [1.165, 1.54) is 19.6 Å². The molecule has 15 heteroatoms. The second-order valence-electron chi connectivity index (χ2n) is 9.37. The van der Waals surface area contributed by atoms with Gasteiger partial charge >= 0.3 is 6.18 Å². The largest absolute Gasteiger partial charge is 0.496 e. The van der Waals surface area contributed by atoms with E-state index in [2.05, 4.69) is 25.5 Å². The van der Waals surface area contributed by atoms with E-state index in [4.69, 9.17) is 16.3 Å². The number of nitrogens with one attached hydrogen (secondary N) is 2. The molecule has 1 amide bonds. The third-order valence-electron chi connectivity index (χ3n) is 6.52. The molecule has 0 aliphatic heterocycles. The van der Waals surface area contributed by atoms with Gasteiger partial charge in [-0.3, -0.25) is 9.48 Å². The lowest BCUT2D eigenvalue weighted by molar-refractivity contribution is -0.172. The van der Waals surface area contributed by atoms with Crippen molar-refractivity contribution in [1.29, 1.82) is 0 Å². The number of hydrogen-bond donors (Lipinski definition) is 2. The highest BCUT2D eigenvalue weighted by molar-refractivity contribution is 7.91. The van der Waals surface area contributed by atoms with Gasteiger partial charge in [-0.25, -0.2) is 13.4 Å². The molecule has 218 valence electrons.